The molecule has 1 aliphatic rings. The van der Waals surface area contributed by atoms with E-state index < -0.39 is 11.7 Å². The molecule has 0 bridgehead atoms. The van der Waals surface area contributed by atoms with Crippen LogP contribution in [0.2, 0.25) is 0 Å². The maximum absolute atomic E-state index is 12.7. The molecule has 0 saturated heterocycles. The van der Waals surface area contributed by atoms with Gasteiger partial charge < -0.3 is 0 Å². The van der Waals surface area contributed by atoms with Gasteiger partial charge in [-0.2, -0.15) is 13.2 Å². The van der Waals surface area contributed by atoms with Crippen molar-refractivity contribution in [2.45, 2.75) is 45.5 Å². The largest absolute Gasteiger partial charge is 0.416 e. The monoisotopic (exact) mass is 412 g/mol. The van der Waals surface area contributed by atoms with Crippen molar-refractivity contribution in [1.29, 1.82) is 0 Å². The van der Waals surface area contributed by atoms with E-state index in [4.69, 9.17) is 4.98 Å². The fraction of sp³-hybridized carbons (Fsp3) is 0.348. The quantitative estimate of drug-likeness (QED) is 0.587. The van der Waals surface area contributed by atoms with Crippen molar-refractivity contribution >= 4 is 0 Å². The molecule has 0 unspecified atom stereocenters. The Bertz CT molecular complexity index is 998. The van der Waals surface area contributed by atoms with Crippen molar-refractivity contribution in [3.63, 3.8) is 0 Å². The minimum Gasteiger partial charge on any atom is -0.294 e. The second-order valence-electron chi connectivity index (χ2n) is 7.60. The number of alkyl halides is 3. The minimum atomic E-state index is -4.33. The van der Waals surface area contributed by atoms with Gasteiger partial charge in [0.15, 0.2) is 0 Å². The maximum atomic E-state index is 12.7. The second kappa shape index (κ2) is 8.52. The van der Waals surface area contributed by atoms with Crippen molar-refractivity contribution in [3.05, 3.63) is 77.0 Å². The lowest BCUT2D eigenvalue weighted by atomic mass is 10.1. The van der Waals surface area contributed by atoms with Crippen LogP contribution in [0.5, 0.6) is 0 Å². The van der Waals surface area contributed by atoms with Gasteiger partial charge in [-0.15, -0.1) is 0 Å². The Hall–Kier alpha value is -2.80. The van der Waals surface area contributed by atoms with E-state index in [0.29, 0.717) is 11.3 Å². The highest BCUT2D eigenvalue weighted by atomic mass is 19.4. The number of fused-ring (bicyclic) bond motifs is 1. The van der Waals surface area contributed by atoms with Crippen molar-refractivity contribution in [1.82, 2.24) is 19.9 Å². The molecule has 30 heavy (non-hydrogen) atoms. The Morgan fingerprint density at radius 2 is 1.80 bits per heavy atom. The van der Waals surface area contributed by atoms with Gasteiger partial charge in [0, 0.05) is 61.7 Å². The number of rotatable bonds is 5. The van der Waals surface area contributed by atoms with Crippen molar-refractivity contribution in [3.8, 4) is 11.3 Å². The van der Waals surface area contributed by atoms with Gasteiger partial charge >= 0.3 is 6.18 Å². The zero-order valence-electron chi connectivity index (χ0n) is 16.8. The van der Waals surface area contributed by atoms with Crippen LogP contribution in [-0.4, -0.2) is 26.4 Å². The first-order chi connectivity index (χ1) is 14.4. The molecule has 0 radical (unpaired) electrons. The number of benzene rings is 1. The summed E-state index contributed by atoms with van der Waals surface area (Å²) in [5.41, 5.74) is 4.07. The number of hydrogen-bond acceptors (Lipinski definition) is 4. The number of aryl methyl sites for hydroxylation is 1. The van der Waals surface area contributed by atoms with E-state index in [1.54, 1.807) is 6.20 Å². The van der Waals surface area contributed by atoms with Crippen LogP contribution in [0.1, 0.15) is 41.6 Å². The molecule has 0 fully saturated rings. The zero-order chi connectivity index (χ0) is 21.1. The first-order valence-corrected chi connectivity index (χ1v) is 10.1. The van der Waals surface area contributed by atoms with Gasteiger partial charge in [0.1, 0.15) is 5.82 Å². The third-order valence-electron chi connectivity index (χ3n) is 5.28. The topological polar surface area (TPSA) is 41.9 Å². The third kappa shape index (κ3) is 4.67. The Labute approximate surface area is 173 Å². The summed E-state index contributed by atoms with van der Waals surface area (Å²) in [7, 11) is 0. The fourth-order valence-electron chi connectivity index (χ4n) is 3.67. The SMILES string of the molecule is CCCc1ncc2c(n1)CCN(Cc1ccc(-c3ccc(C(F)(F)F)cc3)nc1)C2. The lowest BCUT2D eigenvalue weighted by Gasteiger charge is -2.28. The Morgan fingerprint density at radius 1 is 1.00 bits per heavy atom. The molecule has 1 aromatic carbocycles. The fourth-order valence-corrected chi connectivity index (χ4v) is 3.67. The van der Waals surface area contributed by atoms with Gasteiger partial charge in [0.25, 0.3) is 0 Å². The molecule has 0 spiro atoms. The molecule has 0 N–H and O–H groups in total. The summed E-state index contributed by atoms with van der Waals surface area (Å²) in [6, 6.07) is 8.93. The summed E-state index contributed by atoms with van der Waals surface area (Å²) >= 11 is 0. The highest BCUT2D eigenvalue weighted by Gasteiger charge is 2.30. The number of aromatic nitrogens is 3. The highest BCUT2D eigenvalue weighted by molar-refractivity contribution is 5.59. The van der Waals surface area contributed by atoms with Gasteiger partial charge in [-0.25, -0.2) is 9.97 Å². The average molecular weight is 412 g/mol. The van der Waals surface area contributed by atoms with Crippen LogP contribution < -0.4 is 0 Å². The van der Waals surface area contributed by atoms with Crippen molar-refractivity contribution in [2.24, 2.45) is 0 Å². The van der Waals surface area contributed by atoms with Gasteiger partial charge in [-0.3, -0.25) is 9.88 Å². The smallest absolute Gasteiger partial charge is 0.294 e. The van der Waals surface area contributed by atoms with Crippen LogP contribution in [0.3, 0.4) is 0 Å². The molecule has 7 heteroatoms. The molecule has 0 atom stereocenters. The van der Waals surface area contributed by atoms with E-state index in [9.17, 15) is 13.2 Å². The average Bonchev–Trinajstić information content (AvgIpc) is 2.74. The molecule has 0 aliphatic carbocycles. The van der Waals surface area contributed by atoms with Gasteiger partial charge in [-0.05, 0) is 30.2 Å². The molecule has 2 aromatic heterocycles. The van der Waals surface area contributed by atoms with Crippen LogP contribution in [0.4, 0.5) is 13.2 Å². The number of nitrogens with zero attached hydrogens (tertiary/aromatic N) is 4. The van der Waals surface area contributed by atoms with E-state index in [1.165, 1.54) is 17.7 Å². The standard InChI is InChI=1S/C23H23F3N4/c1-2-3-22-28-13-18-15-30(11-10-21(18)29-22)14-16-4-9-20(27-12-16)17-5-7-19(8-6-17)23(24,25)26/h4-9,12-13H,2-3,10-11,14-15H2,1H3. The molecule has 4 rings (SSSR count). The summed E-state index contributed by atoms with van der Waals surface area (Å²) in [4.78, 5) is 15.9. The normalized spacial score (nSPS) is 14.5. The van der Waals surface area contributed by atoms with Gasteiger partial charge in [0.05, 0.1) is 11.3 Å². The van der Waals surface area contributed by atoms with E-state index in [0.717, 1.165) is 68.1 Å². The van der Waals surface area contributed by atoms with Gasteiger partial charge in [0.2, 0.25) is 0 Å². The lowest BCUT2D eigenvalue weighted by molar-refractivity contribution is -0.137. The molecule has 1 aliphatic heterocycles. The zero-order valence-corrected chi connectivity index (χ0v) is 16.8. The highest BCUT2D eigenvalue weighted by Crippen LogP contribution is 2.30. The van der Waals surface area contributed by atoms with E-state index in [2.05, 4.69) is 21.8 Å². The lowest BCUT2D eigenvalue weighted by Crippen LogP contribution is -2.31. The third-order valence-corrected chi connectivity index (χ3v) is 5.28. The van der Waals surface area contributed by atoms with E-state index in [1.807, 2.05) is 18.3 Å². The molecule has 0 saturated carbocycles. The van der Waals surface area contributed by atoms with Crippen molar-refractivity contribution in [2.75, 3.05) is 6.54 Å². The summed E-state index contributed by atoms with van der Waals surface area (Å²) in [6.45, 7) is 4.62. The number of hydrogen-bond donors (Lipinski definition) is 0. The molecular weight excluding hydrogens is 389 g/mol. The molecular formula is C23H23F3N4. The second-order valence-corrected chi connectivity index (χ2v) is 7.60. The first-order valence-electron chi connectivity index (χ1n) is 10.1. The Morgan fingerprint density at radius 3 is 2.47 bits per heavy atom. The molecule has 4 nitrogen and oxygen atoms in total. The van der Waals surface area contributed by atoms with E-state index in [-0.39, 0.29) is 0 Å². The predicted octanol–water partition coefficient (Wildman–Crippen LogP) is 5.07. The first kappa shape index (κ1) is 20.5. The summed E-state index contributed by atoms with van der Waals surface area (Å²) in [5, 5.41) is 0. The number of halogens is 3. The predicted molar refractivity (Wildman–Crippen MR) is 109 cm³/mol. The summed E-state index contributed by atoms with van der Waals surface area (Å²) in [6.07, 6.45) is 2.28. The van der Waals surface area contributed by atoms with Crippen LogP contribution in [0.25, 0.3) is 11.3 Å². The Balaban J connectivity index is 1.40. The van der Waals surface area contributed by atoms with Gasteiger partial charge in [-0.1, -0.05) is 25.1 Å². The summed E-state index contributed by atoms with van der Waals surface area (Å²) < 4.78 is 38.1. The molecule has 156 valence electrons. The number of pyridine rings is 1. The molecule has 0 amide bonds. The van der Waals surface area contributed by atoms with Crippen LogP contribution >= 0.6 is 0 Å². The van der Waals surface area contributed by atoms with E-state index >= 15 is 0 Å². The van der Waals surface area contributed by atoms with Crippen molar-refractivity contribution < 1.29 is 13.2 Å². The molecule has 3 aromatic rings. The maximum Gasteiger partial charge on any atom is 0.416 e. The van der Waals surface area contributed by atoms with Crippen LogP contribution in [-0.2, 0) is 32.1 Å². The van der Waals surface area contributed by atoms with Crippen LogP contribution in [0.15, 0.2) is 48.8 Å². The van der Waals surface area contributed by atoms with Crippen LogP contribution in [0, 0.1) is 0 Å². The summed E-state index contributed by atoms with van der Waals surface area (Å²) in [5.74, 6) is 0.924. The molecule has 3 heterocycles. The Kier molecular flexibility index (Phi) is 5.81. The minimum absolute atomic E-state index is 0.654.